The highest BCUT2D eigenvalue weighted by Gasteiger charge is 2.23. The molecule has 1 amide bonds. The minimum Gasteiger partial charge on any atom is -0.493 e. The summed E-state index contributed by atoms with van der Waals surface area (Å²) in [5, 5.41) is 2.82. The van der Waals surface area contributed by atoms with Gasteiger partial charge in [-0.3, -0.25) is 9.59 Å². The second-order valence-electron chi connectivity index (χ2n) is 5.06. The molecule has 0 saturated carbocycles. The van der Waals surface area contributed by atoms with Gasteiger partial charge in [0.15, 0.2) is 12.4 Å². The van der Waals surface area contributed by atoms with Crippen LogP contribution in [-0.2, 0) is 4.79 Å². The molecule has 1 atom stereocenters. The van der Waals surface area contributed by atoms with Crippen LogP contribution in [0.25, 0.3) is 0 Å². The van der Waals surface area contributed by atoms with Crippen LogP contribution >= 0.6 is 0 Å². The molecule has 2 rings (SSSR count). The van der Waals surface area contributed by atoms with Crippen LogP contribution in [0.5, 0.6) is 11.5 Å². The molecule has 21 heavy (non-hydrogen) atoms. The third-order valence-electron chi connectivity index (χ3n) is 3.34. The van der Waals surface area contributed by atoms with E-state index in [1.807, 2.05) is 6.92 Å². The summed E-state index contributed by atoms with van der Waals surface area (Å²) >= 11 is 0. The minimum absolute atomic E-state index is 0.121. The maximum atomic E-state index is 11.9. The van der Waals surface area contributed by atoms with E-state index >= 15 is 0 Å². The van der Waals surface area contributed by atoms with E-state index in [9.17, 15) is 9.59 Å². The number of amides is 1. The van der Waals surface area contributed by atoms with Gasteiger partial charge in [0.25, 0.3) is 5.91 Å². The van der Waals surface area contributed by atoms with E-state index < -0.39 is 6.10 Å². The van der Waals surface area contributed by atoms with Gasteiger partial charge in [0.05, 0.1) is 12.2 Å². The van der Waals surface area contributed by atoms with Crippen molar-refractivity contribution in [3.63, 3.8) is 0 Å². The van der Waals surface area contributed by atoms with Gasteiger partial charge in [-0.1, -0.05) is 6.92 Å². The normalized spacial score (nSPS) is 18.5. The standard InChI is InChI=1S/C16H21NO4/c1-2-9-20-13-7-6-12(11-18)15(10-13)21-14-5-3-4-8-17-16(14)19/h6-7,10-11,14H,2-5,8-9H2,1H3,(H,17,19). The first-order valence-corrected chi connectivity index (χ1v) is 7.41. The van der Waals surface area contributed by atoms with Crippen LogP contribution in [0, 0.1) is 0 Å². The number of carbonyl (C=O) groups excluding carboxylic acids is 2. The lowest BCUT2D eigenvalue weighted by Gasteiger charge is -2.18. The van der Waals surface area contributed by atoms with Crippen molar-refractivity contribution in [1.82, 2.24) is 5.32 Å². The largest absolute Gasteiger partial charge is 0.493 e. The number of aldehydes is 1. The quantitative estimate of drug-likeness (QED) is 0.817. The van der Waals surface area contributed by atoms with Crippen LogP contribution in [-0.4, -0.2) is 31.4 Å². The Hall–Kier alpha value is -2.04. The van der Waals surface area contributed by atoms with Gasteiger partial charge in [-0.2, -0.15) is 0 Å². The number of hydrogen-bond donors (Lipinski definition) is 1. The summed E-state index contributed by atoms with van der Waals surface area (Å²) in [5.74, 6) is 0.927. The van der Waals surface area contributed by atoms with Crippen molar-refractivity contribution in [2.24, 2.45) is 0 Å². The smallest absolute Gasteiger partial charge is 0.261 e. The van der Waals surface area contributed by atoms with E-state index in [-0.39, 0.29) is 5.91 Å². The summed E-state index contributed by atoms with van der Waals surface area (Å²) in [7, 11) is 0. The summed E-state index contributed by atoms with van der Waals surface area (Å²) in [6.45, 7) is 3.30. The Balaban J connectivity index is 2.15. The van der Waals surface area contributed by atoms with Gasteiger partial charge in [0, 0.05) is 12.6 Å². The first-order chi connectivity index (χ1) is 10.2. The van der Waals surface area contributed by atoms with E-state index in [2.05, 4.69) is 5.32 Å². The van der Waals surface area contributed by atoms with E-state index in [1.54, 1.807) is 18.2 Å². The Morgan fingerprint density at radius 3 is 3.00 bits per heavy atom. The van der Waals surface area contributed by atoms with E-state index in [1.165, 1.54) is 0 Å². The molecule has 0 radical (unpaired) electrons. The molecule has 1 aromatic rings. The molecule has 1 saturated heterocycles. The van der Waals surface area contributed by atoms with Gasteiger partial charge in [-0.25, -0.2) is 0 Å². The third-order valence-corrected chi connectivity index (χ3v) is 3.34. The molecule has 1 heterocycles. The molecular formula is C16H21NO4. The van der Waals surface area contributed by atoms with Gasteiger partial charge >= 0.3 is 0 Å². The van der Waals surface area contributed by atoms with Crippen LogP contribution in [0.4, 0.5) is 0 Å². The number of rotatable bonds is 6. The van der Waals surface area contributed by atoms with Gasteiger partial charge in [0.1, 0.15) is 11.5 Å². The second-order valence-corrected chi connectivity index (χ2v) is 5.06. The Bertz CT molecular complexity index is 501. The first-order valence-electron chi connectivity index (χ1n) is 7.41. The zero-order valence-electron chi connectivity index (χ0n) is 12.3. The topological polar surface area (TPSA) is 64.6 Å². The molecule has 114 valence electrons. The number of ether oxygens (including phenoxy) is 2. The molecule has 1 aliphatic heterocycles. The number of benzene rings is 1. The highest BCUT2D eigenvalue weighted by molar-refractivity contribution is 5.83. The SMILES string of the molecule is CCCOc1ccc(C=O)c(OC2CCCCNC2=O)c1. The van der Waals surface area contributed by atoms with Crippen LogP contribution in [0.2, 0.25) is 0 Å². The van der Waals surface area contributed by atoms with Gasteiger partial charge in [-0.15, -0.1) is 0 Å². The van der Waals surface area contributed by atoms with Crippen LogP contribution < -0.4 is 14.8 Å². The van der Waals surface area contributed by atoms with Gasteiger partial charge < -0.3 is 14.8 Å². The summed E-state index contributed by atoms with van der Waals surface area (Å²) in [4.78, 5) is 23.0. The van der Waals surface area contributed by atoms with Crippen LogP contribution in [0.1, 0.15) is 43.0 Å². The fourth-order valence-corrected chi connectivity index (χ4v) is 2.20. The predicted molar refractivity (Wildman–Crippen MR) is 78.9 cm³/mol. The molecule has 0 spiro atoms. The molecule has 0 bridgehead atoms. The van der Waals surface area contributed by atoms with Gasteiger partial charge in [-0.05, 0) is 37.8 Å². The first kappa shape index (κ1) is 15.4. The highest BCUT2D eigenvalue weighted by atomic mass is 16.5. The van der Waals surface area contributed by atoms with E-state index in [4.69, 9.17) is 9.47 Å². The highest BCUT2D eigenvalue weighted by Crippen LogP contribution is 2.26. The van der Waals surface area contributed by atoms with Crippen LogP contribution in [0.15, 0.2) is 18.2 Å². The molecule has 5 heteroatoms. The monoisotopic (exact) mass is 291 g/mol. The van der Waals surface area contributed by atoms with Crippen molar-refractivity contribution in [2.45, 2.75) is 38.7 Å². The molecule has 0 aromatic heterocycles. The molecule has 1 N–H and O–H groups in total. The number of carbonyl (C=O) groups is 2. The lowest BCUT2D eigenvalue weighted by molar-refractivity contribution is -0.127. The minimum atomic E-state index is -0.548. The number of nitrogens with one attached hydrogen (secondary N) is 1. The zero-order chi connectivity index (χ0) is 15.1. The Kier molecular flexibility index (Phi) is 5.60. The third kappa shape index (κ3) is 4.21. The van der Waals surface area contributed by atoms with Gasteiger partial charge in [0.2, 0.25) is 0 Å². The van der Waals surface area contributed by atoms with Crippen molar-refractivity contribution in [1.29, 1.82) is 0 Å². The molecular weight excluding hydrogens is 270 g/mol. The summed E-state index contributed by atoms with van der Waals surface area (Å²) in [6, 6.07) is 5.07. The lowest BCUT2D eigenvalue weighted by atomic mass is 10.1. The maximum Gasteiger partial charge on any atom is 0.261 e. The Morgan fingerprint density at radius 1 is 1.38 bits per heavy atom. The van der Waals surface area contributed by atoms with E-state index in [0.717, 1.165) is 25.5 Å². The van der Waals surface area contributed by atoms with Crippen molar-refractivity contribution in [3.05, 3.63) is 23.8 Å². The second kappa shape index (κ2) is 7.67. The maximum absolute atomic E-state index is 11.9. The molecule has 1 unspecified atom stereocenters. The summed E-state index contributed by atoms with van der Waals surface area (Å²) in [6.07, 6.45) is 3.61. The molecule has 1 aromatic carbocycles. The van der Waals surface area contributed by atoms with Crippen molar-refractivity contribution >= 4 is 12.2 Å². The van der Waals surface area contributed by atoms with E-state index in [0.29, 0.717) is 36.6 Å². The summed E-state index contributed by atoms with van der Waals surface area (Å²) in [5.41, 5.74) is 0.427. The average molecular weight is 291 g/mol. The molecule has 1 fully saturated rings. The van der Waals surface area contributed by atoms with Crippen molar-refractivity contribution < 1.29 is 19.1 Å². The molecule has 1 aliphatic rings. The lowest BCUT2D eigenvalue weighted by Crippen LogP contribution is -2.36. The Labute approximate surface area is 124 Å². The fraction of sp³-hybridized carbons (Fsp3) is 0.500. The molecule has 0 aliphatic carbocycles. The Morgan fingerprint density at radius 2 is 2.24 bits per heavy atom. The van der Waals surface area contributed by atoms with Crippen molar-refractivity contribution in [2.75, 3.05) is 13.2 Å². The fourth-order valence-electron chi connectivity index (χ4n) is 2.20. The zero-order valence-corrected chi connectivity index (χ0v) is 12.3. The predicted octanol–water partition coefficient (Wildman–Crippen LogP) is 2.34. The number of hydrogen-bond acceptors (Lipinski definition) is 4. The molecule has 5 nitrogen and oxygen atoms in total. The average Bonchev–Trinajstić information content (AvgIpc) is 2.70. The summed E-state index contributed by atoms with van der Waals surface area (Å²) < 4.78 is 11.3. The van der Waals surface area contributed by atoms with Crippen LogP contribution in [0.3, 0.4) is 0 Å². The van der Waals surface area contributed by atoms with Crippen molar-refractivity contribution in [3.8, 4) is 11.5 Å².